The van der Waals surface area contributed by atoms with E-state index >= 15 is 0 Å². The molecule has 1 unspecified atom stereocenters. The fourth-order valence-electron chi connectivity index (χ4n) is 2.10. The van der Waals surface area contributed by atoms with E-state index in [1.807, 2.05) is 47.3 Å². The van der Waals surface area contributed by atoms with E-state index in [1.165, 1.54) is 10.4 Å². The van der Waals surface area contributed by atoms with Crippen molar-refractivity contribution in [1.82, 2.24) is 15.1 Å². The maximum Gasteiger partial charge on any atom is 0.0931 e. The van der Waals surface area contributed by atoms with Crippen LogP contribution in [0.15, 0.2) is 54.9 Å². The molecule has 0 saturated heterocycles. The van der Waals surface area contributed by atoms with Gasteiger partial charge in [-0.15, -0.1) is 11.3 Å². The molecule has 0 aliphatic carbocycles. The fraction of sp³-hybridized carbons (Fsp3) is 0.188. The molecule has 0 aliphatic heterocycles. The quantitative estimate of drug-likeness (QED) is 0.754. The standard InChI is InChI=1S/C16H16ClN3S/c1-12(18-10-15-7-8-16(17)21-15)13-9-19-20(11-13)14-5-3-2-4-6-14/h2-9,11-12,18H,10H2,1H3. The van der Waals surface area contributed by atoms with Gasteiger partial charge in [-0.2, -0.15) is 5.10 Å². The van der Waals surface area contributed by atoms with Gasteiger partial charge in [-0.1, -0.05) is 29.8 Å². The number of para-hydroxylation sites is 1. The summed E-state index contributed by atoms with van der Waals surface area (Å²) in [5, 5.41) is 7.92. The molecule has 3 nitrogen and oxygen atoms in total. The summed E-state index contributed by atoms with van der Waals surface area (Å²) in [5.74, 6) is 0. The lowest BCUT2D eigenvalue weighted by Gasteiger charge is -2.10. The van der Waals surface area contributed by atoms with Gasteiger partial charge < -0.3 is 5.32 Å². The summed E-state index contributed by atoms with van der Waals surface area (Å²) in [7, 11) is 0. The van der Waals surface area contributed by atoms with Crippen LogP contribution in [0.25, 0.3) is 5.69 Å². The first-order valence-corrected chi connectivity index (χ1v) is 7.99. The van der Waals surface area contributed by atoms with Crippen LogP contribution in [0.4, 0.5) is 0 Å². The van der Waals surface area contributed by atoms with Crippen LogP contribution < -0.4 is 5.32 Å². The molecule has 0 amide bonds. The van der Waals surface area contributed by atoms with Crippen LogP contribution in [-0.2, 0) is 6.54 Å². The first-order valence-electron chi connectivity index (χ1n) is 6.80. The Morgan fingerprint density at radius 3 is 2.76 bits per heavy atom. The molecule has 1 atom stereocenters. The molecule has 0 bridgehead atoms. The molecule has 0 radical (unpaired) electrons. The van der Waals surface area contributed by atoms with Crippen molar-refractivity contribution in [2.24, 2.45) is 0 Å². The highest BCUT2D eigenvalue weighted by atomic mass is 35.5. The first kappa shape index (κ1) is 14.3. The number of nitrogens with one attached hydrogen (secondary N) is 1. The molecule has 3 rings (SSSR count). The average Bonchev–Trinajstić information content (AvgIpc) is 3.15. The maximum atomic E-state index is 5.94. The number of hydrogen-bond donors (Lipinski definition) is 1. The lowest BCUT2D eigenvalue weighted by Crippen LogP contribution is -2.16. The van der Waals surface area contributed by atoms with Crippen LogP contribution in [0.3, 0.4) is 0 Å². The normalized spacial score (nSPS) is 12.5. The van der Waals surface area contributed by atoms with Gasteiger partial charge in [-0.3, -0.25) is 0 Å². The Bertz CT molecular complexity index is 705. The van der Waals surface area contributed by atoms with Crippen LogP contribution >= 0.6 is 22.9 Å². The summed E-state index contributed by atoms with van der Waals surface area (Å²) in [6, 6.07) is 14.3. The van der Waals surface area contributed by atoms with Crippen LogP contribution in [0.1, 0.15) is 23.4 Å². The largest absolute Gasteiger partial charge is 0.305 e. The molecule has 0 spiro atoms. The molecule has 0 fully saturated rings. The molecule has 21 heavy (non-hydrogen) atoms. The van der Waals surface area contributed by atoms with E-state index in [9.17, 15) is 0 Å². The average molecular weight is 318 g/mol. The molecule has 1 N–H and O–H groups in total. The monoisotopic (exact) mass is 317 g/mol. The number of benzene rings is 1. The molecule has 2 aromatic heterocycles. The first-order chi connectivity index (χ1) is 10.2. The van der Waals surface area contributed by atoms with Crippen molar-refractivity contribution < 1.29 is 0 Å². The second kappa shape index (κ2) is 6.43. The summed E-state index contributed by atoms with van der Waals surface area (Å²) >= 11 is 7.55. The third kappa shape index (κ3) is 3.53. The lowest BCUT2D eigenvalue weighted by atomic mass is 10.2. The Balaban J connectivity index is 1.65. The number of aromatic nitrogens is 2. The highest BCUT2D eigenvalue weighted by molar-refractivity contribution is 7.16. The Morgan fingerprint density at radius 2 is 2.05 bits per heavy atom. The van der Waals surface area contributed by atoms with E-state index in [0.29, 0.717) is 0 Å². The number of halogens is 1. The van der Waals surface area contributed by atoms with Crippen molar-refractivity contribution in [2.45, 2.75) is 19.5 Å². The minimum atomic E-state index is 0.239. The molecule has 1 aromatic carbocycles. The van der Waals surface area contributed by atoms with Gasteiger partial charge in [0.05, 0.1) is 16.2 Å². The zero-order valence-corrected chi connectivity index (χ0v) is 13.2. The van der Waals surface area contributed by atoms with Crippen LogP contribution in [0, 0.1) is 0 Å². The van der Waals surface area contributed by atoms with Gasteiger partial charge in [0.15, 0.2) is 0 Å². The van der Waals surface area contributed by atoms with Gasteiger partial charge in [0.1, 0.15) is 0 Å². The molecule has 3 aromatic rings. The van der Waals surface area contributed by atoms with E-state index in [1.54, 1.807) is 11.3 Å². The Morgan fingerprint density at radius 1 is 1.24 bits per heavy atom. The van der Waals surface area contributed by atoms with E-state index in [4.69, 9.17) is 11.6 Å². The van der Waals surface area contributed by atoms with Crippen molar-refractivity contribution >= 4 is 22.9 Å². The fourth-order valence-corrected chi connectivity index (χ4v) is 3.14. The predicted molar refractivity (Wildman–Crippen MR) is 88.1 cm³/mol. The summed E-state index contributed by atoms with van der Waals surface area (Å²) < 4.78 is 2.73. The van der Waals surface area contributed by atoms with Gasteiger partial charge in [-0.05, 0) is 31.2 Å². The minimum Gasteiger partial charge on any atom is -0.305 e. The van der Waals surface area contributed by atoms with E-state index in [2.05, 4.69) is 29.6 Å². The van der Waals surface area contributed by atoms with E-state index < -0.39 is 0 Å². The van der Waals surface area contributed by atoms with E-state index in [-0.39, 0.29) is 6.04 Å². The summed E-state index contributed by atoms with van der Waals surface area (Å²) in [4.78, 5) is 1.24. The van der Waals surface area contributed by atoms with Gasteiger partial charge >= 0.3 is 0 Å². The second-order valence-electron chi connectivity index (χ2n) is 4.86. The molecular formula is C16H16ClN3S. The number of nitrogens with zero attached hydrogens (tertiary/aromatic N) is 2. The summed E-state index contributed by atoms with van der Waals surface area (Å²) in [6.07, 6.45) is 3.97. The molecule has 0 aliphatic rings. The third-order valence-corrected chi connectivity index (χ3v) is 4.57. The van der Waals surface area contributed by atoms with E-state index in [0.717, 1.165) is 16.6 Å². The number of rotatable bonds is 5. The topological polar surface area (TPSA) is 29.9 Å². The molecule has 0 saturated carbocycles. The minimum absolute atomic E-state index is 0.239. The van der Waals surface area contributed by atoms with Crippen LogP contribution in [0.5, 0.6) is 0 Å². The third-order valence-electron chi connectivity index (χ3n) is 3.33. The zero-order chi connectivity index (χ0) is 14.7. The summed E-state index contributed by atoms with van der Waals surface area (Å²) in [5.41, 5.74) is 2.24. The van der Waals surface area contributed by atoms with Gasteiger partial charge in [-0.25, -0.2) is 4.68 Å². The lowest BCUT2D eigenvalue weighted by molar-refractivity contribution is 0.579. The number of thiophene rings is 1. The van der Waals surface area contributed by atoms with Gasteiger partial charge in [0, 0.05) is 29.2 Å². The highest BCUT2D eigenvalue weighted by Gasteiger charge is 2.09. The molecule has 108 valence electrons. The Kier molecular flexibility index (Phi) is 4.39. The molecular weight excluding hydrogens is 302 g/mol. The van der Waals surface area contributed by atoms with Crippen molar-refractivity contribution in [3.8, 4) is 5.69 Å². The highest BCUT2D eigenvalue weighted by Crippen LogP contribution is 2.22. The summed E-state index contributed by atoms with van der Waals surface area (Å²) in [6.45, 7) is 2.95. The SMILES string of the molecule is CC(NCc1ccc(Cl)s1)c1cnn(-c2ccccc2)c1. The molecule has 5 heteroatoms. The smallest absolute Gasteiger partial charge is 0.0931 e. The Labute approximate surface area is 133 Å². The van der Waals surface area contributed by atoms with Crippen molar-refractivity contribution in [2.75, 3.05) is 0 Å². The zero-order valence-electron chi connectivity index (χ0n) is 11.7. The van der Waals surface area contributed by atoms with Gasteiger partial charge in [0.25, 0.3) is 0 Å². The Hall–Kier alpha value is -1.62. The van der Waals surface area contributed by atoms with Crippen molar-refractivity contribution in [3.63, 3.8) is 0 Å². The van der Waals surface area contributed by atoms with Crippen molar-refractivity contribution in [1.29, 1.82) is 0 Å². The van der Waals surface area contributed by atoms with Crippen molar-refractivity contribution in [3.05, 3.63) is 69.6 Å². The van der Waals surface area contributed by atoms with Gasteiger partial charge in [0.2, 0.25) is 0 Å². The maximum absolute atomic E-state index is 5.94. The molecule has 2 heterocycles. The second-order valence-corrected chi connectivity index (χ2v) is 6.66. The van der Waals surface area contributed by atoms with Crippen LogP contribution in [0.2, 0.25) is 4.34 Å². The predicted octanol–water partition coefficient (Wildman–Crippen LogP) is 4.44. The van der Waals surface area contributed by atoms with Crippen LogP contribution in [-0.4, -0.2) is 9.78 Å². The number of hydrogen-bond acceptors (Lipinski definition) is 3.